The first kappa shape index (κ1) is 32.3. The maximum atomic E-state index is 14.6. The van der Waals surface area contributed by atoms with Crippen LogP contribution in [-0.2, 0) is 12.7 Å². The summed E-state index contributed by atoms with van der Waals surface area (Å²) >= 11 is 0. The van der Waals surface area contributed by atoms with Gasteiger partial charge in [-0.25, -0.2) is 19.5 Å². The fourth-order valence-electron chi connectivity index (χ4n) is 3.55. The standard InChI is InChI=1S/C18H18FN5O3.C5H4F3N3O.C2H6/c1-2-3-4-6-23-7-5-11-8-13(14(19)9-12(11)18(23)25)17-21-10-15(24(26)27)16(20)22-17;6-5(7,8)3-2(9)1-10-11-4(3)12;1-2/h5,7-10H,2-4,6H2,1H3,(H2,20,21,22);1H,(H3,9,11,12);1-2H3. The van der Waals surface area contributed by atoms with Crippen LogP contribution in [0.2, 0.25) is 0 Å². The van der Waals surface area contributed by atoms with E-state index in [1.807, 2.05) is 13.8 Å². The number of H-pyrrole nitrogens is 1. The van der Waals surface area contributed by atoms with Crippen molar-refractivity contribution in [1.82, 2.24) is 24.7 Å². The molecule has 12 nitrogen and oxygen atoms in total. The van der Waals surface area contributed by atoms with Crippen LogP contribution >= 0.6 is 0 Å². The van der Waals surface area contributed by atoms with Gasteiger partial charge in [-0.05, 0) is 30.0 Å². The minimum atomic E-state index is -4.74. The zero-order valence-electron chi connectivity index (χ0n) is 22.3. The van der Waals surface area contributed by atoms with Crippen molar-refractivity contribution in [2.24, 2.45) is 0 Å². The number of unbranched alkanes of at least 4 members (excludes halogenated alkanes) is 2. The highest BCUT2D eigenvalue weighted by atomic mass is 19.4. The zero-order valence-corrected chi connectivity index (χ0v) is 22.3. The number of rotatable bonds is 6. The summed E-state index contributed by atoms with van der Waals surface area (Å²) in [5, 5.41) is 16.3. The van der Waals surface area contributed by atoms with Crippen LogP contribution in [0.25, 0.3) is 22.2 Å². The molecule has 220 valence electrons. The number of fused-ring (bicyclic) bond motifs is 1. The average Bonchev–Trinajstić information content (AvgIpc) is 2.90. The van der Waals surface area contributed by atoms with E-state index in [2.05, 4.69) is 22.0 Å². The Bertz CT molecular complexity index is 1640. The van der Waals surface area contributed by atoms with Crippen molar-refractivity contribution in [1.29, 1.82) is 0 Å². The highest BCUT2D eigenvalue weighted by Crippen LogP contribution is 2.29. The van der Waals surface area contributed by atoms with Crippen LogP contribution in [0.5, 0.6) is 0 Å². The normalized spacial score (nSPS) is 10.8. The van der Waals surface area contributed by atoms with Crippen LogP contribution in [-0.4, -0.2) is 29.7 Å². The van der Waals surface area contributed by atoms with Crippen molar-refractivity contribution in [2.75, 3.05) is 11.5 Å². The Morgan fingerprint density at radius 1 is 1.12 bits per heavy atom. The quantitative estimate of drug-likeness (QED) is 0.126. The first-order chi connectivity index (χ1) is 19.3. The molecule has 3 heterocycles. The molecule has 0 radical (unpaired) electrons. The van der Waals surface area contributed by atoms with Gasteiger partial charge in [0.05, 0.1) is 27.8 Å². The molecule has 4 aromatic rings. The Labute approximate surface area is 230 Å². The van der Waals surface area contributed by atoms with Crippen molar-refractivity contribution >= 4 is 28.0 Å². The van der Waals surface area contributed by atoms with E-state index in [4.69, 9.17) is 11.5 Å². The molecule has 0 saturated heterocycles. The molecular weight excluding hydrogens is 552 g/mol. The van der Waals surface area contributed by atoms with E-state index < -0.39 is 39.4 Å². The number of nitrogens with zero attached hydrogens (tertiary/aromatic N) is 5. The molecule has 4 rings (SSSR count). The van der Waals surface area contributed by atoms with Crippen LogP contribution in [0.1, 0.15) is 45.6 Å². The van der Waals surface area contributed by atoms with E-state index in [-0.39, 0.29) is 28.2 Å². The summed E-state index contributed by atoms with van der Waals surface area (Å²) in [5.74, 6) is -1.13. The number of benzene rings is 1. The van der Waals surface area contributed by atoms with Crippen LogP contribution < -0.4 is 22.6 Å². The lowest BCUT2D eigenvalue weighted by Gasteiger charge is -2.09. The molecule has 0 atom stereocenters. The molecule has 0 spiro atoms. The summed E-state index contributed by atoms with van der Waals surface area (Å²) in [7, 11) is 0. The number of aromatic nitrogens is 5. The fraction of sp³-hybridized carbons (Fsp3) is 0.320. The van der Waals surface area contributed by atoms with Crippen LogP contribution in [0.15, 0.2) is 46.4 Å². The van der Waals surface area contributed by atoms with Gasteiger partial charge < -0.3 is 16.0 Å². The lowest BCUT2D eigenvalue weighted by atomic mass is 10.1. The van der Waals surface area contributed by atoms with Gasteiger partial charge in [-0.1, -0.05) is 33.6 Å². The predicted octanol–water partition coefficient (Wildman–Crippen LogP) is 4.68. The van der Waals surface area contributed by atoms with Crippen molar-refractivity contribution in [3.63, 3.8) is 0 Å². The molecule has 0 unspecified atom stereocenters. The monoisotopic (exact) mass is 580 g/mol. The molecule has 0 amide bonds. The number of hydrogen-bond acceptors (Lipinski definition) is 9. The maximum absolute atomic E-state index is 14.6. The zero-order chi connectivity index (χ0) is 30.9. The Morgan fingerprint density at radius 2 is 1.80 bits per heavy atom. The van der Waals surface area contributed by atoms with Crippen molar-refractivity contribution in [3.05, 3.63) is 79.0 Å². The van der Waals surface area contributed by atoms with Crippen molar-refractivity contribution < 1.29 is 22.5 Å². The second-order valence-electron chi connectivity index (χ2n) is 8.19. The highest BCUT2D eigenvalue weighted by molar-refractivity contribution is 5.86. The number of anilines is 2. The van der Waals surface area contributed by atoms with Crippen LogP contribution in [0.3, 0.4) is 0 Å². The van der Waals surface area contributed by atoms with Gasteiger partial charge in [-0.2, -0.15) is 18.3 Å². The van der Waals surface area contributed by atoms with Gasteiger partial charge in [0.2, 0.25) is 5.82 Å². The number of nitro groups is 1. The Morgan fingerprint density at radius 3 is 2.34 bits per heavy atom. The van der Waals surface area contributed by atoms with Crippen LogP contribution in [0, 0.1) is 15.9 Å². The van der Waals surface area contributed by atoms with Gasteiger partial charge in [-0.3, -0.25) is 19.7 Å². The van der Waals surface area contributed by atoms with E-state index >= 15 is 0 Å². The van der Waals surface area contributed by atoms with Gasteiger partial charge in [0, 0.05) is 12.7 Å². The number of aryl methyl sites for hydroxylation is 1. The molecule has 0 aliphatic rings. The Hall–Kier alpha value is -4.89. The summed E-state index contributed by atoms with van der Waals surface area (Å²) in [6, 6.07) is 4.31. The van der Waals surface area contributed by atoms with E-state index in [9.17, 15) is 37.3 Å². The average molecular weight is 581 g/mol. The molecule has 41 heavy (non-hydrogen) atoms. The number of halogens is 4. The summed E-state index contributed by atoms with van der Waals surface area (Å²) in [6.07, 6.45) is 1.54. The number of aromatic amines is 1. The number of nitrogen functional groups attached to an aromatic ring is 2. The summed E-state index contributed by atoms with van der Waals surface area (Å²) < 4.78 is 52.1. The van der Waals surface area contributed by atoms with E-state index in [1.54, 1.807) is 21.9 Å². The summed E-state index contributed by atoms with van der Waals surface area (Å²) in [5.41, 5.74) is 6.36. The molecule has 16 heteroatoms. The maximum Gasteiger partial charge on any atom is 0.423 e. The van der Waals surface area contributed by atoms with Crippen LogP contribution in [0.4, 0.5) is 34.8 Å². The van der Waals surface area contributed by atoms with E-state index in [1.165, 1.54) is 6.07 Å². The number of pyridine rings is 1. The third kappa shape index (κ3) is 7.83. The minimum Gasteiger partial charge on any atom is -0.397 e. The first-order valence-corrected chi connectivity index (χ1v) is 12.4. The SMILES string of the molecule is CC.CCCCCn1ccc2cc(-c3ncc([N+](=O)[O-])c(N)n3)c(F)cc2c1=O.Nc1cn[nH]c(=O)c1C(F)(F)F. The molecule has 0 fully saturated rings. The summed E-state index contributed by atoms with van der Waals surface area (Å²) in [4.78, 5) is 40.9. The molecule has 0 aliphatic carbocycles. The lowest BCUT2D eigenvalue weighted by molar-refractivity contribution is -0.384. The molecular formula is C25H28F4N8O4. The minimum absolute atomic E-state index is 0.0206. The second-order valence-corrected chi connectivity index (χ2v) is 8.19. The smallest absolute Gasteiger partial charge is 0.397 e. The number of nitrogens with two attached hydrogens (primary N) is 2. The number of hydrogen-bond donors (Lipinski definition) is 3. The van der Waals surface area contributed by atoms with Gasteiger partial charge in [0.15, 0.2) is 5.82 Å². The largest absolute Gasteiger partial charge is 0.423 e. The lowest BCUT2D eigenvalue weighted by Crippen LogP contribution is -2.24. The highest BCUT2D eigenvalue weighted by Gasteiger charge is 2.36. The topological polar surface area (TPSA) is 189 Å². The molecule has 0 aliphatic heterocycles. The second kappa shape index (κ2) is 14.0. The first-order valence-electron chi connectivity index (χ1n) is 12.4. The predicted molar refractivity (Wildman–Crippen MR) is 145 cm³/mol. The van der Waals surface area contributed by atoms with Crippen molar-refractivity contribution in [2.45, 2.75) is 52.8 Å². The third-order valence-corrected chi connectivity index (χ3v) is 5.47. The molecule has 3 aromatic heterocycles. The van der Waals surface area contributed by atoms with Gasteiger partial charge in [-0.15, -0.1) is 0 Å². The van der Waals surface area contributed by atoms with E-state index in [0.717, 1.165) is 37.7 Å². The molecule has 1 aromatic carbocycles. The third-order valence-electron chi connectivity index (χ3n) is 5.47. The van der Waals surface area contributed by atoms with Gasteiger partial charge >= 0.3 is 11.9 Å². The van der Waals surface area contributed by atoms with Gasteiger partial charge in [0.1, 0.15) is 17.6 Å². The van der Waals surface area contributed by atoms with Gasteiger partial charge in [0.25, 0.3) is 11.1 Å². The van der Waals surface area contributed by atoms with E-state index in [0.29, 0.717) is 11.9 Å². The molecule has 0 bridgehead atoms. The molecule has 0 saturated carbocycles. The molecule has 5 N–H and O–H groups in total. The fourth-order valence-corrected chi connectivity index (χ4v) is 3.55. The summed E-state index contributed by atoms with van der Waals surface area (Å²) in [6.45, 7) is 6.65. The Balaban J connectivity index is 0.000000352. The van der Waals surface area contributed by atoms with Crippen molar-refractivity contribution in [3.8, 4) is 11.4 Å². The number of alkyl halides is 3. The Kier molecular flexibility index (Phi) is 11.0. The number of nitrogens with one attached hydrogen (secondary N) is 1.